The van der Waals surface area contributed by atoms with Crippen LogP contribution in [-0.2, 0) is 52.3 Å². The maximum absolute atomic E-state index is 15.7. The molecule has 2 saturated carbocycles. The maximum atomic E-state index is 15.7. The van der Waals surface area contributed by atoms with E-state index in [1.54, 1.807) is 120 Å². The quantitative estimate of drug-likeness (QED) is 0.0279. The molecule has 2 unspecified atom stereocenters. The van der Waals surface area contributed by atoms with Crippen molar-refractivity contribution in [2.45, 2.75) is 218 Å². The normalized spacial score (nSPS) is 29.9. The van der Waals surface area contributed by atoms with Crippen molar-refractivity contribution < 1.29 is 76.9 Å². The van der Waals surface area contributed by atoms with Gasteiger partial charge in [0.15, 0.2) is 11.9 Å². The van der Waals surface area contributed by atoms with Gasteiger partial charge < -0.3 is 53.4 Å². The molecule has 3 aliphatic carbocycles. The Morgan fingerprint density at radius 3 is 1.98 bits per heavy atom. The molecule has 4 fully saturated rings. The van der Waals surface area contributed by atoms with Gasteiger partial charge in [0.25, 0.3) is 5.91 Å². The van der Waals surface area contributed by atoms with E-state index in [2.05, 4.69) is 24.4 Å². The summed E-state index contributed by atoms with van der Waals surface area (Å²) in [5, 5.41) is 29.4. The van der Waals surface area contributed by atoms with Crippen LogP contribution < -0.4 is 5.32 Å². The Kier molecular flexibility index (Phi) is 22.0. The second kappa shape index (κ2) is 28.7. The number of rotatable bonds is 27. The highest BCUT2D eigenvalue weighted by molar-refractivity contribution is 5.95. The highest BCUT2D eigenvalue weighted by Gasteiger charge is 2.81. The van der Waals surface area contributed by atoms with Crippen LogP contribution in [0.2, 0.25) is 0 Å². The Labute approximate surface area is 507 Å². The molecule has 2 aliphatic heterocycles. The number of nitrogens with one attached hydrogen (secondary N) is 1. The van der Waals surface area contributed by atoms with E-state index >= 15 is 9.59 Å². The van der Waals surface area contributed by atoms with Crippen LogP contribution in [0.25, 0.3) is 0 Å². The summed E-state index contributed by atoms with van der Waals surface area (Å²) < 4.78 is 49.3. The summed E-state index contributed by atoms with van der Waals surface area (Å²) in [5.41, 5.74) is -7.40. The van der Waals surface area contributed by atoms with Crippen molar-refractivity contribution in [3.05, 3.63) is 131 Å². The zero-order valence-electron chi connectivity index (χ0n) is 51.6. The zero-order valence-corrected chi connectivity index (χ0v) is 51.6. The van der Waals surface area contributed by atoms with Crippen molar-refractivity contribution >= 4 is 35.8 Å². The number of hydrogen-bond acceptors (Lipinski definition) is 16. The molecular formula is C69H91NO16. The van der Waals surface area contributed by atoms with Gasteiger partial charge in [0.2, 0.25) is 6.10 Å². The summed E-state index contributed by atoms with van der Waals surface area (Å²) in [4.78, 5) is 87.4. The van der Waals surface area contributed by atoms with Crippen LogP contribution >= 0.6 is 0 Å². The second-order valence-electron chi connectivity index (χ2n) is 25.3. The minimum atomic E-state index is -2.31. The first-order valence-electron chi connectivity index (χ1n) is 31.2. The minimum absolute atomic E-state index is 0.102. The molecule has 3 N–H and O–H groups in total. The molecule has 17 nitrogen and oxygen atoms in total. The largest absolute Gasteiger partial charge is 0.509 e. The number of aliphatic hydroxyl groups is 2. The zero-order chi connectivity index (χ0) is 61.9. The molecule has 3 aromatic rings. The van der Waals surface area contributed by atoms with Crippen molar-refractivity contribution in [1.29, 1.82) is 0 Å². The number of carbonyl (C=O) groups excluding carboxylic acids is 6. The molecule has 3 aromatic carbocycles. The average molecular weight is 1190 g/mol. The Balaban J connectivity index is 1.04. The van der Waals surface area contributed by atoms with Crippen LogP contribution in [0.5, 0.6) is 0 Å². The molecular weight excluding hydrogens is 1100 g/mol. The first kappa shape index (κ1) is 65.7. The predicted octanol–water partition coefficient (Wildman–Crippen LogP) is 11.8. The SMILES string of the molecule is CCCCCCCC/C=C\CCCCCCCC1OCC(COC(=O)O[C@@H](C(=O)O[C@H]2C[C@@]3(O)[C@@H](OC(=O)c4ccccc4)[C@H]4[C@](C)(C(=O)[C@H](C)C(=C2C)C3(C)C)[C@@H](O)C[C@@]2(C)OC[C@@]42OC(C)=O)[C@@H](NC(=O)c2ccccc2)c2ccccc2)O1. The van der Waals surface area contributed by atoms with Crippen molar-refractivity contribution in [2.75, 3.05) is 19.8 Å². The molecule has 0 radical (unpaired) electrons. The summed E-state index contributed by atoms with van der Waals surface area (Å²) in [6.07, 6.45) is 11.1. The van der Waals surface area contributed by atoms with Gasteiger partial charge in [-0.15, -0.1) is 0 Å². The van der Waals surface area contributed by atoms with Crippen LogP contribution in [0.4, 0.5) is 4.79 Å². The molecule has 2 saturated heterocycles. The minimum Gasteiger partial charge on any atom is -0.455 e. The molecule has 8 rings (SSSR count). The van der Waals surface area contributed by atoms with Gasteiger partial charge in [-0.1, -0.05) is 158 Å². The number of ketones is 1. The van der Waals surface area contributed by atoms with E-state index in [1.165, 1.54) is 57.6 Å². The summed E-state index contributed by atoms with van der Waals surface area (Å²) in [5.74, 6) is -6.46. The van der Waals surface area contributed by atoms with Crippen LogP contribution in [-0.4, -0.2) is 119 Å². The standard InChI is InChI=1S/C69H91NO16/c1-9-10-11-12-13-14-15-16-17-18-19-20-21-22-32-39-54-79-42-51(82-54)43-80-64(77)84-57(56(48-33-26-23-27-34-48)70-61(74)49-35-28-24-29-36-49)63(76)83-52-40-68(78)60(85-62(75)50-37-30-25-31-38-50)58-67(8,59(73)46(3)55(45(52)2)65(68,5)6)53(72)41-66(7)69(58,44-81-66)86-47(4)71/h16-17,23-31,33-38,46,51-54,56-58,60,72,78H,9-15,18-22,32,39-44H2,1-8H3,(H,70,74)/b17-16-/t46-,51?,52+,53+,54?,56+,57-,58+,60+,66-,67-,68-,69-/m1/s1. The summed E-state index contributed by atoms with van der Waals surface area (Å²) in [7, 11) is 0. The summed E-state index contributed by atoms with van der Waals surface area (Å²) in [6.45, 7) is 13.0. The third kappa shape index (κ3) is 14.0. The van der Waals surface area contributed by atoms with Gasteiger partial charge in [-0.3, -0.25) is 14.4 Å². The van der Waals surface area contributed by atoms with E-state index < -0.39 is 124 Å². The number of aliphatic hydroxyl groups excluding tert-OH is 1. The molecule has 1 amide bonds. The molecule has 0 spiro atoms. The lowest BCUT2D eigenvalue weighted by Crippen LogP contribution is -2.85. The number of carbonyl (C=O) groups is 6. The van der Waals surface area contributed by atoms with E-state index in [9.17, 15) is 29.4 Å². The van der Waals surface area contributed by atoms with Gasteiger partial charge in [0.1, 0.15) is 47.9 Å². The molecule has 17 heteroatoms. The van der Waals surface area contributed by atoms with E-state index in [0.29, 0.717) is 23.1 Å². The van der Waals surface area contributed by atoms with Crippen molar-refractivity contribution in [1.82, 2.24) is 5.32 Å². The van der Waals surface area contributed by atoms with Crippen LogP contribution in [0.3, 0.4) is 0 Å². The number of benzene rings is 3. The number of Topliss-reactive ketones (excluding diaryl/α,β-unsaturated/α-hetero) is 1. The lowest BCUT2D eigenvalue weighted by atomic mass is 9.42. The molecule has 5 aliphatic rings. The van der Waals surface area contributed by atoms with Crippen molar-refractivity contribution in [3.63, 3.8) is 0 Å². The maximum Gasteiger partial charge on any atom is 0.509 e. The Morgan fingerprint density at radius 2 is 1.37 bits per heavy atom. The lowest BCUT2D eigenvalue weighted by Gasteiger charge is -2.70. The smallest absolute Gasteiger partial charge is 0.455 e. The third-order valence-corrected chi connectivity index (χ3v) is 19.2. The summed E-state index contributed by atoms with van der Waals surface area (Å²) >= 11 is 0. The van der Waals surface area contributed by atoms with Gasteiger partial charge >= 0.3 is 24.1 Å². The van der Waals surface area contributed by atoms with Crippen molar-refractivity contribution in [2.24, 2.45) is 22.7 Å². The van der Waals surface area contributed by atoms with E-state index in [-0.39, 0.29) is 37.4 Å². The molecule has 13 atom stereocenters. The molecule has 468 valence electrons. The number of allylic oxidation sites excluding steroid dienone is 2. The monoisotopic (exact) mass is 1190 g/mol. The number of hydrogen-bond donors (Lipinski definition) is 3. The number of esters is 3. The fourth-order valence-electron chi connectivity index (χ4n) is 14.3. The average Bonchev–Trinajstić information content (AvgIpc) is 0.685. The predicted molar refractivity (Wildman–Crippen MR) is 320 cm³/mol. The molecule has 2 heterocycles. The topological polar surface area (TPSA) is 229 Å². The van der Waals surface area contributed by atoms with Gasteiger partial charge in [0.05, 0.1) is 36.2 Å². The fourth-order valence-corrected chi connectivity index (χ4v) is 14.3. The molecule has 0 aromatic heterocycles. The Hall–Kier alpha value is -6.24. The molecule has 2 bridgehead atoms. The second-order valence-corrected chi connectivity index (χ2v) is 25.3. The van der Waals surface area contributed by atoms with E-state index in [1.807, 2.05) is 0 Å². The number of ether oxygens (including phenoxy) is 8. The number of unbranched alkanes of at least 4 members (excludes halogenated alkanes) is 11. The fraction of sp³-hybridized carbons (Fsp3) is 0.594. The van der Waals surface area contributed by atoms with Crippen molar-refractivity contribution in [3.8, 4) is 0 Å². The highest BCUT2D eigenvalue weighted by atomic mass is 16.8. The Morgan fingerprint density at radius 1 is 0.779 bits per heavy atom. The van der Waals surface area contributed by atoms with Crippen LogP contribution in [0.15, 0.2) is 114 Å². The Bertz CT molecular complexity index is 2880. The highest BCUT2D eigenvalue weighted by Crippen LogP contribution is 2.67. The first-order valence-corrected chi connectivity index (χ1v) is 31.2. The lowest BCUT2D eigenvalue weighted by molar-refractivity contribution is -0.383. The van der Waals surface area contributed by atoms with Crippen LogP contribution in [0, 0.1) is 22.7 Å². The first-order chi connectivity index (χ1) is 41.1. The third-order valence-electron chi connectivity index (χ3n) is 19.2. The summed E-state index contributed by atoms with van der Waals surface area (Å²) in [6, 6.07) is 23.3. The van der Waals surface area contributed by atoms with Gasteiger partial charge in [0, 0.05) is 36.7 Å². The number of amides is 1. The van der Waals surface area contributed by atoms with Gasteiger partial charge in [-0.2, -0.15) is 0 Å². The van der Waals surface area contributed by atoms with E-state index in [4.69, 9.17) is 37.9 Å². The number of fused-ring (bicyclic) bond motifs is 5. The molecule has 86 heavy (non-hydrogen) atoms. The van der Waals surface area contributed by atoms with Crippen LogP contribution in [0.1, 0.15) is 190 Å². The van der Waals surface area contributed by atoms with E-state index in [0.717, 1.165) is 44.9 Å². The van der Waals surface area contributed by atoms with Gasteiger partial charge in [-0.05, 0) is 100 Å². The van der Waals surface area contributed by atoms with Gasteiger partial charge in [-0.25, -0.2) is 14.4 Å².